The molecule has 1 saturated heterocycles. The summed E-state index contributed by atoms with van der Waals surface area (Å²) < 4.78 is 26.5. The minimum absolute atomic E-state index is 0.00540. The van der Waals surface area contributed by atoms with Crippen LogP contribution in [0.3, 0.4) is 0 Å². The van der Waals surface area contributed by atoms with Crippen LogP contribution in [-0.4, -0.2) is 52.6 Å². The number of primary amides is 1. The van der Waals surface area contributed by atoms with E-state index in [9.17, 15) is 9.18 Å². The van der Waals surface area contributed by atoms with Gasteiger partial charge in [0, 0.05) is 17.5 Å². The number of likely N-dealkylation sites (tertiary alicyclic amines) is 1. The molecular weight excluding hydrogens is 497 g/mol. The van der Waals surface area contributed by atoms with Crippen molar-refractivity contribution in [1.29, 1.82) is 0 Å². The van der Waals surface area contributed by atoms with E-state index in [4.69, 9.17) is 26.8 Å². The number of benzene rings is 2. The summed E-state index contributed by atoms with van der Waals surface area (Å²) in [6.07, 6.45) is 8.01. The van der Waals surface area contributed by atoms with Crippen LogP contribution in [0, 0.1) is 5.82 Å². The molecule has 2 aliphatic rings. The topological polar surface area (TPSA) is 103 Å². The molecule has 1 amide bonds. The molecule has 37 heavy (non-hydrogen) atoms. The Morgan fingerprint density at radius 1 is 1.14 bits per heavy atom. The van der Waals surface area contributed by atoms with E-state index < -0.39 is 5.82 Å². The van der Waals surface area contributed by atoms with Gasteiger partial charge in [-0.05, 0) is 63.3 Å². The van der Waals surface area contributed by atoms with Gasteiger partial charge in [-0.1, -0.05) is 24.1 Å². The van der Waals surface area contributed by atoms with Gasteiger partial charge >= 0.3 is 0 Å². The van der Waals surface area contributed by atoms with E-state index in [0.717, 1.165) is 51.5 Å². The van der Waals surface area contributed by atoms with Crippen LogP contribution in [0.2, 0.25) is 5.02 Å². The molecule has 10 heteroatoms. The fraction of sp³-hybridized carbons (Fsp3) is 0.444. The Bertz CT molecular complexity index is 1280. The van der Waals surface area contributed by atoms with Crippen LogP contribution < -0.4 is 20.5 Å². The van der Waals surface area contributed by atoms with Crippen LogP contribution in [-0.2, 0) is 4.79 Å². The van der Waals surface area contributed by atoms with Crippen LogP contribution in [0.25, 0.3) is 10.9 Å². The maximum absolute atomic E-state index is 14.5. The molecule has 1 unspecified atom stereocenters. The van der Waals surface area contributed by atoms with Gasteiger partial charge in [0.25, 0.3) is 0 Å². The molecule has 8 nitrogen and oxygen atoms in total. The number of anilines is 2. The van der Waals surface area contributed by atoms with Gasteiger partial charge in [-0.25, -0.2) is 14.4 Å². The lowest BCUT2D eigenvalue weighted by Crippen LogP contribution is -2.53. The van der Waals surface area contributed by atoms with Gasteiger partial charge in [0.1, 0.15) is 12.1 Å². The van der Waals surface area contributed by atoms with Crippen molar-refractivity contribution in [3.8, 4) is 11.5 Å². The highest BCUT2D eigenvalue weighted by atomic mass is 35.5. The molecule has 2 heterocycles. The zero-order valence-electron chi connectivity index (χ0n) is 20.8. The molecule has 0 bridgehead atoms. The molecule has 5 rings (SSSR count). The van der Waals surface area contributed by atoms with Crippen molar-refractivity contribution in [2.24, 2.45) is 5.73 Å². The number of nitrogens with one attached hydrogen (secondary N) is 1. The van der Waals surface area contributed by atoms with Crippen molar-refractivity contribution in [1.82, 2.24) is 14.9 Å². The molecule has 2 fully saturated rings. The molecule has 1 aromatic heterocycles. The Morgan fingerprint density at radius 2 is 1.95 bits per heavy atom. The number of carbonyl (C=O) groups excluding carboxylic acids is 1. The molecule has 1 atom stereocenters. The number of nitrogens with zero attached hydrogens (tertiary/aromatic N) is 3. The number of aromatic nitrogens is 2. The summed E-state index contributed by atoms with van der Waals surface area (Å²) in [6.45, 7) is 0.922. The average Bonchev–Trinajstić information content (AvgIpc) is 2.91. The number of ether oxygens (including phenoxy) is 2. The maximum Gasteiger partial charge on any atom is 0.234 e. The highest BCUT2D eigenvalue weighted by Crippen LogP contribution is 2.38. The Hall–Kier alpha value is -3.17. The number of halogens is 2. The maximum atomic E-state index is 14.5. The predicted octanol–water partition coefficient (Wildman–Crippen LogP) is 5.20. The number of hydrogen-bond acceptors (Lipinski definition) is 7. The summed E-state index contributed by atoms with van der Waals surface area (Å²) in [5.41, 5.74) is 6.54. The third kappa shape index (κ3) is 5.43. The molecule has 3 N–H and O–H groups in total. The van der Waals surface area contributed by atoms with Crippen LogP contribution in [0.4, 0.5) is 15.9 Å². The summed E-state index contributed by atoms with van der Waals surface area (Å²) in [5.74, 6) is 0.812. The fourth-order valence-corrected chi connectivity index (χ4v) is 5.69. The minimum Gasteiger partial charge on any atom is -0.493 e. The number of piperidine rings is 1. The SMILES string of the molecule is COc1cc2ncnc(Nc3cccc(Cl)c3F)c2cc1OC1CCC(N2CCCCC2C(N)=O)CC1. The van der Waals surface area contributed by atoms with Gasteiger partial charge in [-0.15, -0.1) is 0 Å². The van der Waals surface area contributed by atoms with Gasteiger partial charge in [-0.3, -0.25) is 9.69 Å². The van der Waals surface area contributed by atoms with Crippen molar-refractivity contribution in [3.63, 3.8) is 0 Å². The summed E-state index contributed by atoms with van der Waals surface area (Å²) >= 11 is 5.94. The lowest BCUT2D eigenvalue weighted by Gasteiger charge is -2.42. The first-order valence-corrected chi connectivity index (χ1v) is 13.1. The standard InChI is InChI=1S/C27H31ClFN5O3/c1-36-23-14-21-18(27(32-15-31-21)33-20-6-4-5-19(28)25(20)29)13-24(23)37-17-10-8-16(9-11-17)34-12-3-2-7-22(34)26(30)35/h4-6,13-17,22H,2-3,7-12H2,1H3,(H2,30,35)(H,31,32,33). The van der Waals surface area contributed by atoms with Crippen LogP contribution in [0.1, 0.15) is 44.9 Å². The number of methoxy groups -OCH3 is 1. The Morgan fingerprint density at radius 3 is 2.70 bits per heavy atom. The van der Waals surface area contributed by atoms with Gasteiger partial charge in [0.2, 0.25) is 5.91 Å². The number of hydrogen-bond donors (Lipinski definition) is 2. The van der Waals surface area contributed by atoms with Crippen molar-refractivity contribution in [3.05, 3.63) is 47.5 Å². The van der Waals surface area contributed by atoms with Gasteiger partial charge in [-0.2, -0.15) is 0 Å². The molecule has 1 aliphatic carbocycles. The van der Waals surface area contributed by atoms with Crippen LogP contribution in [0.5, 0.6) is 11.5 Å². The second-order valence-electron chi connectivity index (χ2n) is 9.67. The number of amides is 1. The number of fused-ring (bicyclic) bond motifs is 1. The van der Waals surface area contributed by atoms with E-state index in [1.807, 2.05) is 6.07 Å². The Kier molecular flexibility index (Phi) is 7.62. The average molecular weight is 528 g/mol. The van der Waals surface area contributed by atoms with E-state index in [2.05, 4.69) is 20.2 Å². The molecule has 1 aliphatic heterocycles. The lowest BCUT2D eigenvalue weighted by atomic mass is 9.88. The van der Waals surface area contributed by atoms with E-state index in [1.54, 1.807) is 25.3 Å². The molecule has 3 aromatic rings. The van der Waals surface area contributed by atoms with Crippen LogP contribution in [0.15, 0.2) is 36.7 Å². The van der Waals surface area contributed by atoms with E-state index >= 15 is 0 Å². The molecule has 0 spiro atoms. The van der Waals surface area contributed by atoms with Crippen molar-refractivity contribution in [2.45, 2.75) is 63.1 Å². The predicted molar refractivity (Wildman–Crippen MR) is 141 cm³/mol. The largest absolute Gasteiger partial charge is 0.493 e. The zero-order valence-corrected chi connectivity index (χ0v) is 21.5. The molecule has 196 valence electrons. The van der Waals surface area contributed by atoms with Crippen molar-refractivity contribution < 1.29 is 18.7 Å². The summed E-state index contributed by atoms with van der Waals surface area (Å²) in [6, 6.07) is 8.56. The van der Waals surface area contributed by atoms with Crippen molar-refractivity contribution in [2.75, 3.05) is 19.0 Å². The van der Waals surface area contributed by atoms with E-state index in [0.29, 0.717) is 34.3 Å². The Balaban J connectivity index is 1.34. The van der Waals surface area contributed by atoms with E-state index in [1.165, 1.54) is 12.4 Å². The van der Waals surface area contributed by atoms with Gasteiger partial charge < -0.3 is 20.5 Å². The first-order chi connectivity index (χ1) is 17.9. The first-order valence-electron chi connectivity index (χ1n) is 12.7. The number of rotatable bonds is 7. The summed E-state index contributed by atoms with van der Waals surface area (Å²) in [7, 11) is 1.59. The number of nitrogens with two attached hydrogens (primary N) is 1. The molecule has 1 saturated carbocycles. The van der Waals surface area contributed by atoms with Crippen LogP contribution >= 0.6 is 11.6 Å². The Labute approximate surface area is 220 Å². The molecule has 2 aromatic carbocycles. The molecular formula is C27H31ClFN5O3. The normalized spacial score (nSPS) is 22.5. The zero-order chi connectivity index (χ0) is 25.9. The highest BCUT2D eigenvalue weighted by molar-refractivity contribution is 6.31. The minimum atomic E-state index is -0.551. The smallest absolute Gasteiger partial charge is 0.234 e. The monoisotopic (exact) mass is 527 g/mol. The summed E-state index contributed by atoms with van der Waals surface area (Å²) in [5, 5.41) is 3.72. The molecule has 0 radical (unpaired) electrons. The van der Waals surface area contributed by atoms with Gasteiger partial charge in [0.15, 0.2) is 17.3 Å². The lowest BCUT2D eigenvalue weighted by molar-refractivity contribution is -0.126. The van der Waals surface area contributed by atoms with E-state index in [-0.39, 0.29) is 28.8 Å². The quantitative estimate of drug-likeness (QED) is 0.435. The highest BCUT2D eigenvalue weighted by Gasteiger charge is 2.35. The van der Waals surface area contributed by atoms with Crippen molar-refractivity contribution >= 4 is 39.9 Å². The first kappa shape index (κ1) is 25.5. The second-order valence-corrected chi connectivity index (χ2v) is 10.1. The third-order valence-corrected chi connectivity index (χ3v) is 7.70. The second kappa shape index (κ2) is 11.1. The number of carbonyl (C=O) groups is 1. The fourth-order valence-electron chi connectivity index (χ4n) is 5.51. The third-order valence-electron chi connectivity index (χ3n) is 7.40. The summed E-state index contributed by atoms with van der Waals surface area (Å²) in [4.78, 5) is 23.0. The van der Waals surface area contributed by atoms with Gasteiger partial charge in [0.05, 0.1) is 35.5 Å².